The van der Waals surface area contributed by atoms with Gasteiger partial charge in [0.15, 0.2) is 5.16 Å². The first-order chi connectivity index (χ1) is 11.8. The molecule has 25 heavy (non-hydrogen) atoms. The highest BCUT2D eigenvalue weighted by Crippen LogP contribution is 2.36. The van der Waals surface area contributed by atoms with Gasteiger partial charge in [-0.25, -0.2) is 9.97 Å². The Bertz CT molecular complexity index is 724. The highest BCUT2D eigenvalue weighted by molar-refractivity contribution is 7.99. The minimum absolute atomic E-state index is 0.0267. The average Bonchev–Trinajstić information content (AvgIpc) is 3.25. The van der Waals surface area contributed by atoms with Crippen molar-refractivity contribution in [2.75, 3.05) is 6.61 Å². The van der Waals surface area contributed by atoms with E-state index >= 15 is 0 Å². The van der Waals surface area contributed by atoms with Crippen LogP contribution in [-0.4, -0.2) is 27.2 Å². The third-order valence-corrected chi connectivity index (χ3v) is 5.80. The molecular formula is C19H29N3O2S. The zero-order chi connectivity index (χ0) is 18.2. The standard InChI is InChI=1S/C19H29N3O2S/c1-12-13(2)22(11-15-8-7-9-23-15)18(21-12)25-14(3)17-20-10-16(24-17)19(4,5)6/h10,14-15H,7-9,11H2,1-6H3. The number of nitrogens with zero attached hydrogens (tertiary/aromatic N) is 3. The van der Waals surface area contributed by atoms with E-state index in [2.05, 4.69) is 51.1 Å². The van der Waals surface area contributed by atoms with E-state index in [1.807, 2.05) is 6.20 Å². The maximum atomic E-state index is 6.00. The molecule has 3 rings (SSSR count). The van der Waals surface area contributed by atoms with E-state index in [1.54, 1.807) is 11.8 Å². The van der Waals surface area contributed by atoms with Crippen LogP contribution in [0.25, 0.3) is 0 Å². The largest absolute Gasteiger partial charge is 0.444 e. The maximum Gasteiger partial charge on any atom is 0.207 e. The van der Waals surface area contributed by atoms with Gasteiger partial charge in [0.1, 0.15) is 5.76 Å². The Morgan fingerprint density at radius 2 is 2.12 bits per heavy atom. The van der Waals surface area contributed by atoms with E-state index in [1.165, 1.54) is 5.69 Å². The number of imidazole rings is 1. The molecule has 2 aromatic heterocycles. The fourth-order valence-corrected chi connectivity index (χ4v) is 4.01. The Morgan fingerprint density at radius 3 is 2.72 bits per heavy atom. The summed E-state index contributed by atoms with van der Waals surface area (Å²) in [6.45, 7) is 14.5. The van der Waals surface area contributed by atoms with Crippen molar-refractivity contribution in [3.05, 3.63) is 29.2 Å². The molecule has 5 nitrogen and oxygen atoms in total. The number of rotatable bonds is 5. The van der Waals surface area contributed by atoms with Gasteiger partial charge in [0.25, 0.3) is 0 Å². The number of oxazole rings is 1. The van der Waals surface area contributed by atoms with Crippen LogP contribution < -0.4 is 0 Å². The summed E-state index contributed by atoms with van der Waals surface area (Å²) in [6.07, 6.45) is 4.44. The van der Waals surface area contributed by atoms with Gasteiger partial charge in [0, 0.05) is 17.7 Å². The Labute approximate surface area is 154 Å². The summed E-state index contributed by atoms with van der Waals surface area (Å²) in [5.41, 5.74) is 2.27. The molecule has 0 amide bonds. The lowest BCUT2D eigenvalue weighted by Gasteiger charge is -2.16. The highest BCUT2D eigenvalue weighted by atomic mass is 32.2. The van der Waals surface area contributed by atoms with Gasteiger partial charge in [-0.2, -0.15) is 0 Å². The van der Waals surface area contributed by atoms with Crippen LogP contribution in [0.3, 0.4) is 0 Å². The molecule has 1 aliphatic heterocycles. The Hall–Kier alpha value is -1.27. The van der Waals surface area contributed by atoms with Crippen LogP contribution in [0.15, 0.2) is 15.8 Å². The SMILES string of the molecule is Cc1nc(SC(C)c2ncc(C(C)(C)C)o2)n(CC2CCCO2)c1C. The number of ether oxygens (including phenoxy) is 1. The summed E-state index contributed by atoms with van der Waals surface area (Å²) >= 11 is 1.71. The summed E-state index contributed by atoms with van der Waals surface area (Å²) < 4.78 is 14.1. The summed E-state index contributed by atoms with van der Waals surface area (Å²) in [7, 11) is 0. The molecule has 0 aliphatic carbocycles. The van der Waals surface area contributed by atoms with E-state index in [0.717, 1.165) is 48.5 Å². The number of aryl methyl sites for hydroxylation is 1. The van der Waals surface area contributed by atoms with Gasteiger partial charge in [-0.05, 0) is 33.6 Å². The lowest BCUT2D eigenvalue weighted by molar-refractivity contribution is 0.0944. The molecule has 6 heteroatoms. The van der Waals surface area contributed by atoms with Crippen molar-refractivity contribution in [2.45, 2.75) is 82.9 Å². The van der Waals surface area contributed by atoms with Gasteiger partial charge in [0.2, 0.25) is 5.89 Å². The molecule has 1 aliphatic rings. The predicted octanol–water partition coefficient (Wildman–Crippen LogP) is 4.82. The van der Waals surface area contributed by atoms with Gasteiger partial charge in [-0.3, -0.25) is 0 Å². The molecular weight excluding hydrogens is 334 g/mol. The Kier molecular flexibility index (Phi) is 5.30. The van der Waals surface area contributed by atoms with Crippen LogP contribution in [-0.2, 0) is 16.7 Å². The monoisotopic (exact) mass is 363 g/mol. The average molecular weight is 364 g/mol. The van der Waals surface area contributed by atoms with Crippen LogP contribution in [0.2, 0.25) is 0 Å². The lowest BCUT2D eigenvalue weighted by atomic mass is 9.94. The van der Waals surface area contributed by atoms with Crippen molar-refractivity contribution in [3.8, 4) is 0 Å². The van der Waals surface area contributed by atoms with E-state index in [4.69, 9.17) is 14.1 Å². The number of aromatic nitrogens is 3. The fourth-order valence-electron chi connectivity index (χ4n) is 2.95. The minimum Gasteiger partial charge on any atom is -0.444 e. The van der Waals surface area contributed by atoms with E-state index in [-0.39, 0.29) is 10.7 Å². The summed E-state index contributed by atoms with van der Waals surface area (Å²) in [6, 6.07) is 0. The number of thioether (sulfide) groups is 1. The second-order valence-corrected chi connectivity index (χ2v) is 9.19. The van der Waals surface area contributed by atoms with Crippen molar-refractivity contribution in [1.29, 1.82) is 0 Å². The van der Waals surface area contributed by atoms with E-state index in [9.17, 15) is 0 Å². The van der Waals surface area contributed by atoms with Crippen LogP contribution in [0, 0.1) is 13.8 Å². The summed E-state index contributed by atoms with van der Waals surface area (Å²) in [5, 5.41) is 1.13. The molecule has 0 N–H and O–H groups in total. The molecule has 0 spiro atoms. The van der Waals surface area contributed by atoms with Crippen molar-refractivity contribution in [1.82, 2.24) is 14.5 Å². The van der Waals surface area contributed by atoms with Crippen molar-refractivity contribution in [3.63, 3.8) is 0 Å². The molecule has 0 aromatic carbocycles. The zero-order valence-corrected chi connectivity index (χ0v) is 16.9. The Morgan fingerprint density at radius 1 is 1.36 bits per heavy atom. The molecule has 138 valence electrons. The second-order valence-electron chi connectivity index (χ2n) is 7.88. The second kappa shape index (κ2) is 7.16. The maximum absolute atomic E-state index is 6.00. The lowest BCUT2D eigenvalue weighted by Crippen LogP contribution is -2.17. The Balaban J connectivity index is 1.77. The first kappa shape index (κ1) is 18.5. The number of hydrogen-bond acceptors (Lipinski definition) is 5. The minimum atomic E-state index is -0.0267. The third kappa shape index (κ3) is 4.11. The van der Waals surface area contributed by atoms with E-state index < -0.39 is 0 Å². The van der Waals surface area contributed by atoms with Crippen LogP contribution in [0.5, 0.6) is 0 Å². The molecule has 1 fully saturated rings. The first-order valence-corrected chi connectivity index (χ1v) is 9.92. The van der Waals surface area contributed by atoms with E-state index in [0.29, 0.717) is 6.10 Å². The zero-order valence-electron chi connectivity index (χ0n) is 16.1. The van der Waals surface area contributed by atoms with Gasteiger partial charge in [-0.15, -0.1) is 0 Å². The molecule has 2 aromatic rings. The van der Waals surface area contributed by atoms with Crippen molar-refractivity contribution < 1.29 is 9.15 Å². The molecule has 0 radical (unpaired) electrons. The first-order valence-electron chi connectivity index (χ1n) is 9.04. The smallest absolute Gasteiger partial charge is 0.207 e. The van der Waals surface area contributed by atoms with Crippen molar-refractivity contribution in [2.24, 2.45) is 0 Å². The molecule has 0 bridgehead atoms. The normalized spacial score (nSPS) is 19.5. The van der Waals surface area contributed by atoms with Crippen LogP contribution in [0.1, 0.15) is 68.8 Å². The van der Waals surface area contributed by atoms with Gasteiger partial charge in [-0.1, -0.05) is 32.5 Å². The van der Waals surface area contributed by atoms with Crippen LogP contribution in [0.4, 0.5) is 0 Å². The molecule has 2 atom stereocenters. The van der Waals surface area contributed by atoms with Gasteiger partial charge < -0.3 is 13.7 Å². The summed E-state index contributed by atoms with van der Waals surface area (Å²) in [5.74, 6) is 1.68. The predicted molar refractivity (Wildman–Crippen MR) is 100 cm³/mol. The highest BCUT2D eigenvalue weighted by Gasteiger charge is 2.25. The molecule has 2 unspecified atom stereocenters. The van der Waals surface area contributed by atoms with Gasteiger partial charge in [0.05, 0.1) is 29.8 Å². The number of hydrogen-bond donors (Lipinski definition) is 0. The van der Waals surface area contributed by atoms with Crippen molar-refractivity contribution >= 4 is 11.8 Å². The molecule has 1 saturated heterocycles. The summed E-state index contributed by atoms with van der Waals surface area (Å²) in [4.78, 5) is 9.27. The topological polar surface area (TPSA) is 53.1 Å². The van der Waals surface area contributed by atoms with Crippen LogP contribution >= 0.6 is 11.8 Å². The molecule has 0 saturated carbocycles. The quantitative estimate of drug-likeness (QED) is 0.713. The fraction of sp³-hybridized carbons (Fsp3) is 0.684. The third-order valence-electron chi connectivity index (χ3n) is 4.73. The van der Waals surface area contributed by atoms with Gasteiger partial charge >= 0.3 is 0 Å². The molecule has 3 heterocycles.